The number of nitrogens with one attached hydrogen (secondary N) is 2. The van der Waals surface area contributed by atoms with E-state index in [9.17, 15) is 19.2 Å². The maximum absolute atomic E-state index is 13.1. The summed E-state index contributed by atoms with van der Waals surface area (Å²) in [6.07, 6.45) is 1.36. The van der Waals surface area contributed by atoms with Gasteiger partial charge in [-0.3, -0.25) is 19.2 Å². The van der Waals surface area contributed by atoms with E-state index < -0.39 is 11.3 Å². The number of aromatic amines is 1. The summed E-state index contributed by atoms with van der Waals surface area (Å²) in [4.78, 5) is 57.2. The van der Waals surface area contributed by atoms with E-state index in [1.54, 1.807) is 34.1 Å². The zero-order chi connectivity index (χ0) is 24.3. The fourth-order valence-electron chi connectivity index (χ4n) is 4.23. The Balaban J connectivity index is 1.32. The first kappa shape index (κ1) is 23.2. The van der Waals surface area contributed by atoms with Crippen molar-refractivity contribution in [2.75, 3.05) is 32.7 Å². The molecule has 0 unspecified atom stereocenters. The number of carbonyl (C=O) groups is 3. The normalized spacial score (nSPS) is 14.2. The lowest BCUT2D eigenvalue weighted by molar-refractivity contribution is -0.142. The number of hydrogen-bond acceptors (Lipinski definition) is 4. The van der Waals surface area contributed by atoms with Gasteiger partial charge < -0.3 is 20.1 Å². The van der Waals surface area contributed by atoms with Crippen LogP contribution in [0.1, 0.15) is 29.8 Å². The summed E-state index contributed by atoms with van der Waals surface area (Å²) in [5.74, 6) is -0.826. The van der Waals surface area contributed by atoms with Gasteiger partial charge in [0.2, 0.25) is 17.2 Å². The summed E-state index contributed by atoms with van der Waals surface area (Å²) in [7, 11) is 0. The number of piperazine rings is 1. The van der Waals surface area contributed by atoms with Gasteiger partial charge in [0.1, 0.15) is 5.56 Å². The van der Waals surface area contributed by atoms with Crippen LogP contribution in [-0.4, -0.2) is 65.2 Å². The molecule has 1 aromatic heterocycles. The van der Waals surface area contributed by atoms with Crippen molar-refractivity contribution in [2.24, 2.45) is 0 Å². The lowest BCUT2D eigenvalue weighted by atomic mass is 9.83. The second-order valence-corrected chi connectivity index (χ2v) is 8.92. The van der Waals surface area contributed by atoms with Gasteiger partial charge in [-0.05, 0) is 31.5 Å². The second-order valence-electron chi connectivity index (χ2n) is 8.92. The van der Waals surface area contributed by atoms with Gasteiger partial charge >= 0.3 is 0 Å². The molecule has 1 fully saturated rings. The molecule has 1 aliphatic heterocycles. The van der Waals surface area contributed by atoms with Crippen LogP contribution in [0.25, 0.3) is 10.9 Å². The quantitative estimate of drug-likeness (QED) is 0.607. The molecule has 3 amide bonds. The highest BCUT2D eigenvalue weighted by Crippen LogP contribution is 2.26. The summed E-state index contributed by atoms with van der Waals surface area (Å²) < 4.78 is 0. The van der Waals surface area contributed by atoms with Crippen LogP contribution in [-0.2, 0) is 15.0 Å². The van der Waals surface area contributed by atoms with E-state index in [2.05, 4.69) is 10.3 Å². The predicted molar refractivity (Wildman–Crippen MR) is 130 cm³/mol. The molecule has 176 valence electrons. The predicted octanol–water partition coefficient (Wildman–Crippen LogP) is 1.91. The molecule has 0 saturated carbocycles. The Labute approximate surface area is 197 Å². The highest BCUT2D eigenvalue weighted by Gasteiger charge is 2.35. The Morgan fingerprint density at radius 2 is 1.53 bits per heavy atom. The molecular formula is C26H28N4O4. The van der Waals surface area contributed by atoms with Crippen molar-refractivity contribution in [3.8, 4) is 0 Å². The maximum Gasteiger partial charge on any atom is 0.257 e. The van der Waals surface area contributed by atoms with Crippen LogP contribution in [0.5, 0.6) is 0 Å². The van der Waals surface area contributed by atoms with Gasteiger partial charge in [-0.1, -0.05) is 42.5 Å². The van der Waals surface area contributed by atoms with Crippen molar-refractivity contribution in [3.05, 3.63) is 82.1 Å². The number of carbonyl (C=O) groups excluding carboxylic acids is 3. The number of rotatable bonds is 5. The summed E-state index contributed by atoms with van der Waals surface area (Å²) in [6, 6.07) is 16.6. The topological polar surface area (TPSA) is 103 Å². The van der Waals surface area contributed by atoms with E-state index in [0.29, 0.717) is 37.1 Å². The standard InChI is InChI=1S/C26H28N4O4/c1-26(2,18-8-4-3-5-9-18)25(34)30-14-12-29(13-15-30)22(31)17-28-24(33)20-16-27-21-11-7-6-10-19(21)23(20)32/h3-11,16H,12-15,17H2,1-2H3,(H,27,32)(H,28,33). The molecule has 0 spiro atoms. The monoisotopic (exact) mass is 460 g/mol. The van der Waals surface area contributed by atoms with E-state index >= 15 is 0 Å². The lowest BCUT2D eigenvalue weighted by Gasteiger charge is -2.38. The number of nitrogens with zero attached hydrogens (tertiary/aromatic N) is 2. The Bertz CT molecular complexity index is 1270. The zero-order valence-corrected chi connectivity index (χ0v) is 19.3. The molecule has 8 nitrogen and oxygen atoms in total. The average Bonchev–Trinajstić information content (AvgIpc) is 2.87. The van der Waals surface area contributed by atoms with Crippen molar-refractivity contribution in [1.29, 1.82) is 0 Å². The van der Waals surface area contributed by atoms with E-state index in [1.165, 1.54) is 6.20 Å². The van der Waals surface area contributed by atoms with Gasteiger partial charge in [0, 0.05) is 43.3 Å². The molecule has 34 heavy (non-hydrogen) atoms. The van der Waals surface area contributed by atoms with E-state index in [0.717, 1.165) is 5.56 Å². The second kappa shape index (κ2) is 9.51. The molecule has 8 heteroatoms. The van der Waals surface area contributed by atoms with Gasteiger partial charge in [0.15, 0.2) is 0 Å². The molecule has 1 saturated heterocycles. The molecule has 2 aromatic carbocycles. The van der Waals surface area contributed by atoms with Crippen molar-refractivity contribution in [1.82, 2.24) is 20.1 Å². The van der Waals surface area contributed by atoms with E-state index in [4.69, 9.17) is 0 Å². The number of hydrogen-bond donors (Lipinski definition) is 2. The fraction of sp³-hybridized carbons (Fsp3) is 0.308. The number of para-hydroxylation sites is 1. The Morgan fingerprint density at radius 3 is 2.24 bits per heavy atom. The Morgan fingerprint density at radius 1 is 0.912 bits per heavy atom. The molecule has 0 atom stereocenters. The van der Waals surface area contributed by atoms with Crippen molar-refractivity contribution < 1.29 is 14.4 Å². The molecule has 0 aliphatic carbocycles. The molecule has 3 aromatic rings. The number of pyridine rings is 1. The minimum Gasteiger partial charge on any atom is -0.360 e. The minimum atomic E-state index is -0.658. The smallest absolute Gasteiger partial charge is 0.257 e. The number of amides is 3. The summed E-state index contributed by atoms with van der Waals surface area (Å²) in [5.41, 5.74) is 0.513. The minimum absolute atomic E-state index is 0.0228. The molecular weight excluding hydrogens is 432 g/mol. The van der Waals surface area contributed by atoms with Crippen molar-refractivity contribution >= 4 is 28.6 Å². The lowest BCUT2D eigenvalue weighted by Crippen LogP contribution is -2.55. The van der Waals surface area contributed by atoms with Crippen LogP contribution in [0.3, 0.4) is 0 Å². The number of benzene rings is 2. The van der Waals surface area contributed by atoms with Crippen LogP contribution in [0.15, 0.2) is 65.6 Å². The molecule has 1 aliphatic rings. The summed E-state index contributed by atoms with van der Waals surface area (Å²) >= 11 is 0. The number of H-pyrrole nitrogens is 1. The highest BCUT2D eigenvalue weighted by molar-refractivity contribution is 5.98. The van der Waals surface area contributed by atoms with Crippen LogP contribution >= 0.6 is 0 Å². The van der Waals surface area contributed by atoms with Gasteiger partial charge in [-0.15, -0.1) is 0 Å². The molecule has 0 bridgehead atoms. The maximum atomic E-state index is 13.1. The third-order valence-corrected chi connectivity index (χ3v) is 6.38. The third-order valence-electron chi connectivity index (χ3n) is 6.38. The van der Waals surface area contributed by atoms with Gasteiger partial charge in [0.25, 0.3) is 5.91 Å². The van der Waals surface area contributed by atoms with E-state index in [1.807, 2.05) is 44.2 Å². The first-order valence-electron chi connectivity index (χ1n) is 11.3. The van der Waals surface area contributed by atoms with Gasteiger partial charge in [0.05, 0.1) is 12.0 Å². The Kier molecular flexibility index (Phi) is 6.49. The van der Waals surface area contributed by atoms with E-state index in [-0.39, 0.29) is 29.4 Å². The van der Waals surface area contributed by atoms with Gasteiger partial charge in [-0.2, -0.15) is 0 Å². The fourth-order valence-corrected chi connectivity index (χ4v) is 4.23. The van der Waals surface area contributed by atoms with Crippen LogP contribution in [0.4, 0.5) is 0 Å². The summed E-state index contributed by atoms with van der Waals surface area (Å²) in [5, 5.41) is 2.97. The van der Waals surface area contributed by atoms with Crippen LogP contribution < -0.4 is 10.7 Å². The first-order chi connectivity index (χ1) is 16.3. The molecule has 2 N–H and O–H groups in total. The van der Waals surface area contributed by atoms with Gasteiger partial charge in [-0.25, -0.2) is 0 Å². The molecule has 2 heterocycles. The average molecular weight is 461 g/mol. The number of aromatic nitrogens is 1. The SMILES string of the molecule is CC(C)(C(=O)N1CCN(C(=O)CNC(=O)c2c[nH]c3ccccc3c2=O)CC1)c1ccccc1. The Hall–Kier alpha value is -3.94. The van der Waals surface area contributed by atoms with Crippen molar-refractivity contribution in [2.45, 2.75) is 19.3 Å². The third kappa shape index (κ3) is 4.57. The first-order valence-corrected chi connectivity index (χ1v) is 11.3. The zero-order valence-electron chi connectivity index (χ0n) is 19.3. The highest BCUT2D eigenvalue weighted by atomic mass is 16.2. The molecule has 4 rings (SSSR count). The van der Waals surface area contributed by atoms with Crippen LogP contribution in [0, 0.1) is 0 Å². The number of fused-ring (bicyclic) bond motifs is 1. The molecule has 0 radical (unpaired) electrons. The van der Waals surface area contributed by atoms with Crippen molar-refractivity contribution in [3.63, 3.8) is 0 Å². The summed E-state index contributed by atoms with van der Waals surface area (Å²) in [6.45, 7) is 5.25. The van der Waals surface area contributed by atoms with Crippen LogP contribution in [0.2, 0.25) is 0 Å². The largest absolute Gasteiger partial charge is 0.360 e.